The number of carbonyl (C=O) groups excluding carboxylic acids is 2. The first-order valence-corrected chi connectivity index (χ1v) is 9.03. The summed E-state index contributed by atoms with van der Waals surface area (Å²) in [5.74, 6) is -0.214. The van der Waals surface area contributed by atoms with Crippen molar-refractivity contribution in [2.45, 2.75) is 38.1 Å². The molecule has 1 aliphatic heterocycles. The highest BCUT2D eigenvalue weighted by Crippen LogP contribution is 2.30. The van der Waals surface area contributed by atoms with Crippen LogP contribution in [0.15, 0.2) is 54.6 Å². The second-order valence-electron chi connectivity index (χ2n) is 7.25. The van der Waals surface area contributed by atoms with Gasteiger partial charge >= 0.3 is 6.09 Å². The molecule has 136 valence electrons. The Morgan fingerprint density at radius 3 is 2.46 bits per heavy atom. The molecule has 1 aliphatic rings. The van der Waals surface area contributed by atoms with Crippen molar-refractivity contribution in [1.29, 1.82) is 0 Å². The summed E-state index contributed by atoms with van der Waals surface area (Å²) < 4.78 is 5.16. The molecular weight excluding hydrogens is 350 g/mol. The first kappa shape index (κ1) is 18.5. The fourth-order valence-corrected chi connectivity index (χ4v) is 3.39. The van der Waals surface area contributed by atoms with Gasteiger partial charge in [0.15, 0.2) is 0 Å². The number of hydrogen-bond acceptors (Lipinski definition) is 3. The quantitative estimate of drug-likeness (QED) is 0.771. The van der Waals surface area contributed by atoms with Gasteiger partial charge in [0.2, 0.25) is 5.91 Å². The third-order valence-electron chi connectivity index (χ3n) is 4.76. The number of halogens is 1. The lowest BCUT2D eigenvalue weighted by Crippen LogP contribution is -2.42. The minimum Gasteiger partial charge on any atom is -0.447 e. The van der Waals surface area contributed by atoms with Crippen LogP contribution in [0.3, 0.4) is 0 Å². The van der Waals surface area contributed by atoms with Crippen molar-refractivity contribution in [3.05, 3.63) is 70.7 Å². The zero-order valence-electron chi connectivity index (χ0n) is 14.9. The van der Waals surface area contributed by atoms with E-state index in [2.05, 4.69) is 0 Å². The van der Waals surface area contributed by atoms with Crippen LogP contribution >= 0.6 is 11.6 Å². The lowest BCUT2D eigenvalue weighted by molar-refractivity contribution is -0.130. The van der Waals surface area contributed by atoms with E-state index >= 15 is 0 Å². The van der Waals surface area contributed by atoms with E-state index in [1.54, 1.807) is 0 Å². The highest BCUT2D eigenvalue weighted by molar-refractivity contribution is 6.30. The van der Waals surface area contributed by atoms with Crippen molar-refractivity contribution in [2.24, 2.45) is 0 Å². The fourth-order valence-electron chi connectivity index (χ4n) is 3.27. The Bertz CT molecular complexity index is 787. The van der Waals surface area contributed by atoms with Gasteiger partial charge in [0, 0.05) is 11.4 Å². The highest BCUT2D eigenvalue weighted by Gasteiger charge is 2.39. The van der Waals surface area contributed by atoms with Crippen LogP contribution in [0.5, 0.6) is 0 Å². The lowest BCUT2D eigenvalue weighted by atomic mass is 9.81. The Hall–Kier alpha value is -2.33. The molecule has 2 aromatic rings. The normalized spacial score (nSPS) is 17.3. The first-order chi connectivity index (χ1) is 12.4. The van der Waals surface area contributed by atoms with E-state index in [9.17, 15) is 9.59 Å². The van der Waals surface area contributed by atoms with Crippen molar-refractivity contribution in [3.8, 4) is 0 Å². The SMILES string of the molecule is CC(C)(CC(=O)N1C(=O)OCC1Cc1ccccc1)c1ccc(Cl)cc1. The van der Waals surface area contributed by atoms with Gasteiger partial charge in [-0.2, -0.15) is 0 Å². The summed E-state index contributed by atoms with van der Waals surface area (Å²) in [5.41, 5.74) is 1.66. The zero-order chi connectivity index (χ0) is 18.7. The van der Waals surface area contributed by atoms with E-state index in [0.29, 0.717) is 11.4 Å². The Kier molecular flexibility index (Phi) is 5.33. The van der Waals surface area contributed by atoms with Crippen LogP contribution < -0.4 is 0 Å². The lowest BCUT2D eigenvalue weighted by Gasteiger charge is -2.28. The first-order valence-electron chi connectivity index (χ1n) is 8.65. The molecule has 1 atom stereocenters. The number of ether oxygens (including phenoxy) is 1. The van der Waals surface area contributed by atoms with Crippen molar-refractivity contribution in [1.82, 2.24) is 4.90 Å². The van der Waals surface area contributed by atoms with E-state index in [1.807, 2.05) is 68.4 Å². The molecule has 0 spiro atoms. The summed E-state index contributed by atoms with van der Waals surface area (Å²) >= 11 is 5.95. The third kappa shape index (κ3) is 4.07. The highest BCUT2D eigenvalue weighted by atomic mass is 35.5. The van der Waals surface area contributed by atoms with E-state index in [1.165, 1.54) is 4.90 Å². The molecule has 26 heavy (non-hydrogen) atoms. The van der Waals surface area contributed by atoms with E-state index in [4.69, 9.17) is 16.3 Å². The maximum atomic E-state index is 12.9. The Morgan fingerprint density at radius 1 is 1.15 bits per heavy atom. The van der Waals surface area contributed by atoms with Crippen molar-refractivity contribution < 1.29 is 14.3 Å². The number of benzene rings is 2. The van der Waals surface area contributed by atoms with Gasteiger partial charge in [-0.15, -0.1) is 0 Å². The number of cyclic esters (lactones) is 1. The monoisotopic (exact) mass is 371 g/mol. The molecule has 3 rings (SSSR count). The summed E-state index contributed by atoms with van der Waals surface area (Å²) in [4.78, 5) is 26.3. The van der Waals surface area contributed by atoms with Gasteiger partial charge in [-0.25, -0.2) is 9.69 Å². The zero-order valence-corrected chi connectivity index (χ0v) is 15.7. The summed E-state index contributed by atoms with van der Waals surface area (Å²) in [7, 11) is 0. The summed E-state index contributed by atoms with van der Waals surface area (Å²) in [5, 5.41) is 0.655. The summed E-state index contributed by atoms with van der Waals surface area (Å²) in [6, 6.07) is 17.0. The van der Waals surface area contributed by atoms with Crippen LogP contribution in [-0.4, -0.2) is 29.5 Å². The molecule has 0 N–H and O–H groups in total. The van der Waals surface area contributed by atoms with Crippen LogP contribution in [0.25, 0.3) is 0 Å². The van der Waals surface area contributed by atoms with Gasteiger partial charge in [0.1, 0.15) is 6.61 Å². The van der Waals surface area contributed by atoms with Crippen LogP contribution in [-0.2, 0) is 21.4 Å². The van der Waals surface area contributed by atoms with Gasteiger partial charge in [0.05, 0.1) is 6.04 Å². The average molecular weight is 372 g/mol. The Labute approximate surface area is 158 Å². The third-order valence-corrected chi connectivity index (χ3v) is 5.01. The minimum absolute atomic E-state index is 0.214. The molecule has 2 aromatic carbocycles. The molecule has 0 radical (unpaired) electrons. The molecule has 0 saturated carbocycles. The summed E-state index contributed by atoms with van der Waals surface area (Å²) in [6.45, 7) is 4.21. The largest absolute Gasteiger partial charge is 0.447 e. The topological polar surface area (TPSA) is 46.6 Å². The van der Waals surface area contributed by atoms with E-state index < -0.39 is 11.5 Å². The Morgan fingerprint density at radius 2 is 1.81 bits per heavy atom. The molecule has 4 nitrogen and oxygen atoms in total. The minimum atomic E-state index is -0.553. The van der Waals surface area contributed by atoms with E-state index in [0.717, 1.165) is 11.1 Å². The van der Waals surface area contributed by atoms with E-state index in [-0.39, 0.29) is 25.0 Å². The van der Waals surface area contributed by atoms with Crippen LogP contribution in [0.2, 0.25) is 5.02 Å². The van der Waals surface area contributed by atoms with Crippen LogP contribution in [0.1, 0.15) is 31.4 Å². The fraction of sp³-hybridized carbons (Fsp3) is 0.333. The van der Waals surface area contributed by atoms with Gasteiger partial charge < -0.3 is 4.74 Å². The van der Waals surface area contributed by atoms with Crippen molar-refractivity contribution in [3.63, 3.8) is 0 Å². The van der Waals surface area contributed by atoms with Crippen molar-refractivity contribution in [2.75, 3.05) is 6.61 Å². The van der Waals surface area contributed by atoms with Gasteiger partial charge in [-0.3, -0.25) is 4.79 Å². The molecule has 1 heterocycles. The summed E-state index contributed by atoms with van der Waals surface area (Å²) in [6.07, 6.45) is 0.261. The molecule has 1 unspecified atom stereocenters. The van der Waals surface area contributed by atoms with Gasteiger partial charge in [-0.1, -0.05) is 67.9 Å². The molecule has 1 fully saturated rings. The number of rotatable bonds is 5. The number of nitrogens with zero attached hydrogens (tertiary/aromatic N) is 1. The van der Waals surface area contributed by atoms with Gasteiger partial charge in [-0.05, 0) is 35.1 Å². The molecule has 2 amide bonds. The Balaban J connectivity index is 1.74. The number of hydrogen-bond donors (Lipinski definition) is 0. The average Bonchev–Trinajstić information content (AvgIpc) is 2.96. The maximum absolute atomic E-state index is 12.9. The predicted octanol–water partition coefficient (Wildman–Crippen LogP) is 4.60. The standard InChI is InChI=1S/C21H22ClNO3/c1-21(2,16-8-10-17(22)11-9-16)13-19(24)23-18(14-26-20(23)25)12-15-6-4-3-5-7-15/h3-11,18H,12-14H2,1-2H3. The van der Waals surface area contributed by atoms with Crippen LogP contribution in [0.4, 0.5) is 4.79 Å². The second kappa shape index (κ2) is 7.50. The molecular formula is C21H22ClNO3. The van der Waals surface area contributed by atoms with Gasteiger partial charge in [0.25, 0.3) is 0 Å². The molecule has 0 aliphatic carbocycles. The molecule has 0 bridgehead atoms. The second-order valence-corrected chi connectivity index (χ2v) is 7.69. The number of imide groups is 1. The molecule has 0 aromatic heterocycles. The van der Waals surface area contributed by atoms with Crippen molar-refractivity contribution >= 4 is 23.6 Å². The molecule has 5 heteroatoms. The number of amides is 2. The smallest absolute Gasteiger partial charge is 0.416 e. The maximum Gasteiger partial charge on any atom is 0.416 e. The molecule has 1 saturated heterocycles. The number of carbonyl (C=O) groups is 2. The predicted molar refractivity (Wildman–Crippen MR) is 101 cm³/mol. The van der Waals surface area contributed by atoms with Crippen LogP contribution in [0, 0.1) is 0 Å².